The maximum Gasteiger partial charge on any atom is 0.0758 e. The van der Waals surface area contributed by atoms with Gasteiger partial charge >= 0.3 is 0 Å². The maximum absolute atomic E-state index is 5.89. The van der Waals surface area contributed by atoms with Crippen LogP contribution in [0.25, 0.3) is 10.9 Å². The lowest BCUT2D eigenvalue weighted by atomic mass is 10.2. The highest BCUT2D eigenvalue weighted by molar-refractivity contribution is 5.80. The van der Waals surface area contributed by atoms with Crippen molar-refractivity contribution in [3.63, 3.8) is 0 Å². The van der Waals surface area contributed by atoms with E-state index in [4.69, 9.17) is 4.74 Å². The molecule has 3 rings (SSSR count). The average Bonchev–Trinajstić information content (AvgIpc) is 2.86. The molecule has 2 heterocycles. The predicted molar refractivity (Wildman–Crippen MR) is 70.2 cm³/mol. The van der Waals surface area contributed by atoms with Gasteiger partial charge in [-0.25, -0.2) is 0 Å². The van der Waals surface area contributed by atoms with E-state index < -0.39 is 0 Å². The molecule has 0 aliphatic carbocycles. The van der Waals surface area contributed by atoms with Gasteiger partial charge in [0.05, 0.1) is 12.2 Å². The van der Waals surface area contributed by atoms with Crippen LogP contribution in [0.15, 0.2) is 30.5 Å². The van der Waals surface area contributed by atoms with Crippen molar-refractivity contribution >= 4 is 10.9 Å². The van der Waals surface area contributed by atoms with Crippen molar-refractivity contribution in [2.24, 2.45) is 0 Å². The van der Waals surface area contributed by atoms with E-state index >= 15 is 0 Å². The lowest BCUT2D eigenvalue weighted by Crippen LogP contribution is -2.15. The van der Waals surface area contributed by atoms with E-state index in [1.807, 2.05) is 0 Å². The van der Waals surface area contributed by atoms with Crippen molar-refractivity contribution in [2.75, 3.05) is 0 Å². The third kappa shape index (κ3) is 2.09. The molecule has 0 saturated carbocycles. The van der Waals surface area contributed by atoms with Crippen molar-refractivity contribution in [1.82, 2.24) is 4.57 Å². The van der Waals surface area contributed by atoms with Crippen LogP contribution in [0.5, 0.6) is 0 Å². The molecule has 0 N–H and O–H groups in total. The van der Waals surface area contributed by atoms with Crippen molar-refractivity contribution in [1.29, 1.82) is 0 Å². The predicted octanol–water partition coefficient (Wildman–Crippen LogP) is 3.52. The van der Waals surface area contributed by atoms with Gasteiger partial charge in [0.25, 0.3) is 0 Å². The van der Waals surface area contributed by atoms with Crippen LogP contribution in [-0.2, 0) is 11.3 Å². The minimum atomic E-state index is 0.391. The molecule has 0 spiro atoms. The monoisotopic (exact) mass is 229 g/mol. The van der Waals surface area contributed by atoms with Crippen LogP contribution in [0.4, 0.5) is 0 Å². The first-order valence-electron chi connectivity index (χ1n) is 6.43. The average molecular weight is 229 g/mol. The number of aryl methyl sites for hydroxylation is 1. The van der Waals surface area contributed by atoms with E-state index in [9.17, 15) is 0 Å². The van der Waals surface area contributed by atoms with Crippen molar-refractivity contribution < 1.29 is 4.74 Å². The number of hydrogen-bond acceptors (Lipinski definition) is 1. The van der Waals surface area contributed by atoms with Crippen LogP contribution < -0.4 is 0 Å². The van der Waals surface area contributed by atoms with E-state index in [-0.39, 0.29) is 0 Å². The minimum absolute atomic E-state index is 0.391. The lowest BCUT2D eigenvalue weighted by molar-refractivity contribution is 0.0465. The second-order valence-electron chi connectivity index (χ2n) is 5.18. The van der Waals surface area contributed by atoms with E-state index in [0.717, 1.165) is 6.54 Å². The van der Waals surface area contributed by atoms with Crippen LogP contribution in [-0.4, -0.2) is 16.8 Å². The number of benzene rings is 1. The van der Waals surface area contributed by atoms with Gasteiger partial charge in [-0.2, -0.15) is 0 Å². The Labute approximate surface area is 102 Å². The van der Waals surface area contributed by atoms with Gasteiger partial charge in [-0.3, -0.25) is 0 Å². The molecule has 2 heteroatoms. The van der Waals surface area contributed by atoms with Crippen molar-refractivity contribution in [3.05, 3.63) is 36.0 Å². The molecule has 1 aliphatic heterocycles. The fourth-order valence-corrected chi connectivity index (χ4v) is 2.72. The molecule has 17 heavy (non-hydrogen) atoms. The van der Waals surface area contributed by atoms with Gasteiger partial charge in [-0.1, -0.05) is 11.6 Å². The summed E-state index contributed by atoms with van der Waals surface area (Å²) in [6.45, 7) is 5.28. The Morgan fingerprint density at radius 3 is 2.94 bits per heavy atom. The third-order valence-corrected chi connectivity index (χ3v) is 3.65. The van der Waals surface area contributed by atoms with Gasteiger partial charge in [0.1, 0.15) is 0 Å². The Balaban J connectivity index is 1.85. The van der Waals surface area contributed by atoms with Gasteiger partial charge in [0.15, 0.2) is 0 Å². The van der Waals surface area contributed by atoms with Crippen LogP contribution in [0, 0.1) is 6.92 Å². The molecule has 2 atom stereocenters. The summed E-state index contributed by atoms with van der Waals surface area (Å²) in [5, 5.41) is 1.33. The Morgan fingerprint density at radius 2 is 2.18 bits per heavy atom. The molecule has 2 aromatic rings. The summed E-state index contributed by atoms with van der Waals surface area (Å²) in [5.74, 6) is 0. The Morgan fingerprint density at radius 1 is 1.29 bits per heavy atom. The molecule has 2 unspecified atom stereocenters. The molecule has 1 aromatic heterocycles. The second kappa shape index (κ2) is 4.19. The van der Waals surface area contributed by atoms with E-state index in [1.54, 1.807) is 0 Å². The summed E-state index contributed by atoms with van der Waals surface area (Å²) in [6.07, 6.45) is 5.39. The highest BCUT2D eigenvalue weighted by Crippen LogP contribution is 2.23. The molecule has 1 saturated heterocycles. The van der Waals surface area contributed by atoms with Crippen molar-refractivity contribution in [3.8, 4) is 0 Å². The molecule has 0 radical (unpaired) electrons. The first-order chi connectivity index (χ1) is 8.22. The van der Waals surface area contributed by atoms with Crippen LogP contribution in [0.3, 0.4) is 0 Å². The Bertz CT molecular complexity index is 529. The fraction of sp³-hybridized carbons (Fsp3) is 0.467. The van der Waals surface area contributed by atoms with Crippen LogP contribution in [0.2, 0.25) is 0 Å². The summed E-state index contributed by atoms with van der Waals surface area (Å²) < 4.78 is 8.20. The summed E-state index contributed by atoms with van der Waals surface area (Å²) in [6, 6.07) is 8.82. The number of ether oxygens (including phenoxy) is 1. The SMILES string of the molecule is Cc1ccc2c(ccn2CC2CCC(C)O2)c1. The topological polar surface area (TPSA) is 14.2 Å². The highest BCUT2D eigenvalue weighted by Gasteiger charge is 2.22. The smallest absolute Gasteiger partial charge is 0.0758 e. The first-order valence-corrected chi connectivity index (χ1v) is 6.43. The van der Waals surface area contributed by atoms with Gasteiger partial charge in [0, 0.05) is 18.3 Å². The van der Waals surface area contributed by atoms with E-state index in [2.05, 4.69) is 48.9 Å². The fourth-order valence-electron chi connectivity index (χ4n) is 2.72. The van der Waals surface area contributed by atoms with Gasteiger partial charge < -0.3 is 9.30 Å². The largest absolute Gasteiger partial charge is 0.373 e. The second-order valence-corrected chi connectivity index (χ2v) is 5.18. The van der Waals surface area contributed by atoms with Crippen LogP contribution in [0.1, 0.15) is 25.3 Å². The summed E-state index contributed by atoms with van der Waals surface area (Å²) >= 11 is 0. The zero-order valence-corrected chi connectivity index (χ0v) is 10.5. The first kappa shape index (κ1) is 10.8. The molecule has 1 fully saturated rings. The molecule has 0 amide bonds. The van der Waals surface area contributed by atoms with Gasteiger partial charge in [-0.05, 0) is 50.3 Å². The molecular weight excluding hydrogens is 210 g/mol. The zero-order valence-electron chi connectivity index (χ0n) is 10.5. The lowest BCUT2D eigenvalue weighted by Gasteiger charge is -2.13. The number of fused-ring (bicyclic) bond motifs is 1. The third-order valence-electron chi connectivity index (χ3n) is 3.65. The summed E-state index contributed by atoms with van der Waals surface area (Å²) in [4.78, 5) is 0. The molecular formula is C15H19NO. The molecule has 2 nitrogen and oxygen atoms in total. The normalized spacial score (nSPS) is 24.6. The maximum atomic E-state index is 5.89. The molecule has 90 valence electrons. The number of rotatable bonds is 2. The highest BCUT2D eigenvalue weighted by atomic mass is 16.5. The summed E-state index contributed by atoms with van der Waals surface area (Å²) in [7, 11) is 0. The van der Waals surface area contributed by atoms with Crippen molar-refractivity contribution in [2.45, 2.75) is 45.4 Å². The molecule has 0 bridgehead atoms. The quantitative estimate of drug-likeness (QED) is 0.768. The number of nitrogens with zero attached hydrogens (tertiary/aromatic N) is 1. The Hall–Kier alpha value is -1.28. The number of aromatic nitrogens is 1. The number of hydrogen-bond donors (Lipinski definition) is 0. The zero-order chi connectivity index (χ0) is 11.8. The van der Waals surface area contributed by atoms with Gasteiger partial charge in [-0.15, -0.1) is 0 Å². The Kier molecular flexibility index (Phi) is 2.67. The van der Waals surface area contributed by atoms with E-state index in [0.29, 0.717) is 12.2 Å². The van der Waals surface area contributed by atoms with E-state index in [1.165, 1.54) is 29.3 Å². The standard InChI is InChI=1S/C15H19NO/c1-11-3-6-15-13(9-11)7-8-16(15)10-14-5-4-12(2)17-14/h3,6-9,12,14H,4-5,10H2,1-2H3. The molecule has 1 aromatic carbocycles. The summed E-state index contributed by atoms with van der Waals surface area (Å²) in [5.41, 5.74) is 2.64. The molecule has 1 aliphatic rings. The van der Waals surface area contributed by atoms with Crippen LogP contribution >= 0.6 is 0 Å². The minimum Gasteiger partial charge on any atom is -0.373 e. The van der Waals surface area contributed by atoms with Gasteiger partial charge in [0.2, 0.25) is 0 Å².